The van der Waals surface area contributed by atoms with Gasteiger partial charge < -0.3 is 0 Å². The van der Waals surface area contributed by atoms with E-state index in [1.165, 1.54) is 0 Å². The fraction of sp³-hybridized carbons (Fsp3) is 0.462. The van der Waals surface area contributed by atoms with Crippen molar-refractivity contribution in [3.8, 4) is 0 Å². The molecule has 1 aromatic rings. The van der Waals surface area contributed by atoms with E-state index in [-0.39, 0.29) is 11.8 Å². The summed E-state index contributed by atoms with van der Waals surface area (Å²) in [5, 5.41) is 0.670. The minimum Gasteiger partial charge on any atom is -0.292 e. The monoisotopic (exact) mass is 269 g/mol. The normalized spacial score (nSPS) is 18.9. The maximum absolute atomic E-state index is 12.3. The van der Waals surface area contributed by atoms with E-state index in [1.807, 2.05) is 18.7 Å². The minimum absolute atomic E-state index is 0.0305. The lowest BCUT2D eigenvalue weighted by atomic mass is 10.0. The van der Waals surface area contributed by atoms with Gasteiger partial charge in [0.05, 0.1) is 6.04 Å². The van der Waals surface area contributed by atoms with Crippen LogP contribution in [0.1, 0.15) is 17.3 Å². The van der Waals surface area contributed by atoms with E-state index in [9.17, 15) is 4.79 Å². The molecule has 0 radical (unpaired) electrons. The molecule has 0 spiro atoms. The van der Waals surface area contributed by atoms with Crippen molar-refractivity contribution in [2.24, 2.45) is 0 Å². The Morgan fingerprint density at radius 3 is 2.47 bits per heavy atom. The molecule has 0 amide bonds. The van der Waals surface area contributed by atoms with Crippen LogP contribution in [-0.2, 0) is 0 Å². The van der Waals surface area contributed by atoms with Gasteiger partial charge in [-0.25, -0.2) is 0 Å². The minimum atomic E-state index is -0.0305. The maximum atomic E-state index is 12.3. The second-order valence-electron chi connectivity index (χ2n) is 4.20. The van der Waals surface area contributed by atoms with Gasteiger partial charge in [-0.3, -0.25) is 9.69 Å². The van der Waals surface area contributed by atoms with Gasteiger partial charge in [0.15, 0.2) is 5.78 Å². The van der Waals surface area contributed by atoms with Crippen molar-refractivity contribution in [1.29, 1.82) is 0 Å². The number of Topliss-reactive ketones (excluding diaryl/α,β-unsaturated/α-hetero) is 1. The van der Waals surface area contributed by atoms with Gasteiger partial charge >= 0.3 is 0 Å². The van der Waals surface area contributed by atoms with Gasteiger partial charge in [-0.15, -0.1) is 0 Å². The Morgan fingerprint density at radius 1 is 1.29 bits per heavy atom. The Kier molecular flexibility index (Phi) is 4.48. The Morgan fingerprint density at radius 2 is 1.88 bits per heavy atom. The summed E-state index contributed by atoms with van der Waals surface area (Å²) in [6, 6.07) is 7.12. The quantitative estimate of drug-likeness (QED) is 0.787. The fourth-order valence-corrected chi connectivity index (χ4v) is 3.04. The number of carbonyl (C=O) groups is 1. The highest BCUT2D eigenvalue weighted by Gasteiger charge is 2.23. The molecular weight excluding hydrogens is 254 g/mol. The predicted octanol–water partition coefficient (Wildman–Crippen LogP) is 2.96. The molecular formula is C13H16ClNOS. The van der Waals surface area contributed by atoms with Gasteiger partial charge in [0, 0.05) is 35.2 Å². The second kappa shape index (κ2) is 5.89. The summed E-state index contributed by atoms with van der Waals surface area (Å²) >= 11 is 7.78. The summed E-state index contributed by atoms with van der Waals surface area (Å²) in [5.74, 6) is 2.43. The van der Waals surface area contributed by atoms with E-state index in [4.69, 9.17) is 11.6 Å². The van der Waals surface area contributed by atoms with E-state index in [2.05, 4.69) is 4.90 Å². The van der Waals surface area contributed by atoms with Crippen molar-refractivity contribution in [3.63, 3.8) is 0 Å². The van der Waals surface area contributed by atoms with Crippen molar-refractivity contribution in [2.75, 3.05) is 24.6 Å². The van der Waals surface area contributed by atoms with E-state index in [0.29, 0.717) is 5.02 Å². The topological polar surface area (TPSA) is 20.3 Å². The first-order valence-electron chi connectivity index (χ1n) is 5.80. The van der Waals surface area contributed by atoms with Gasteiger partial charge in [-0.05, 0) is 31.2 Å². The Bertz CT molecular complexity index is 387. The number of nitrogens with zero attached hydrogens (tertiary/aromatic N) is 1. The highest BCUT2D eigenvalue weighted by atomic mass is 35.5. The Hall–Kier alpha value is -0.510. The van der Waals surface area contributed by atoms with Crippen LogP contribution in [0, 0.1) is 0 Å². The molecule has 1 fully saturated rings. The summed E-state index contributed by atoms with van der Waals surface area (Å²) in [6.45, 7) is 4.00. The van der Waals surface area contributed by atoms with Gasteiger partial charge in [-0.2, -0.15) is 11.8 Å². The summed E-state index contributed by atoms with van der Waals surface area (Å²) in [6.07, 6.45) is 0. The smallest absolute Gasteiger partial charge is 0.179 e. The van der Waals surface area contributed by atoms with Crippen LogP contribution in [0.5, 0.6) is 0 Å². The van der Waals surface area contributed by atoms with Crippen LogP contribution >= 0.6 is 23.4 Å². The summed E-state index contributed by atoms with van der Waals surface area (Å²) in [5.41, 5.74) is 0.750. The zero-order valence-electron chi connectivity index (χ0n) is 9.86. The Balaban J connectivity index is 2.05. The number of benzene rings is 1. The molecule has 0 N–H and O–H groups in total. The molecule has 0 aromatic heterocycles. The van der Waals surface area contributed by atoms with E-state index >= 15 is 0 Å². The molecule has 2 rings (SSSR count). The lowest BCUT2D eigenvalue weighted by Crippen LogP contribution is -2.43. The predicted molar refractivity (Wildman–Crippen MR) is 74.1 cm³/mol. The number of thioether (sulfide) groups is 1. The van der Waals surface area contributed by atoms with Crippen molar-refractivity contribution >= 4 is 29.1 Å². The van der Waals surface area contributed by atoms with E-state index in [0.717, 1.165) is 30.2 Å². The highest BCUT2D eigenvalue weighted by molar-refractivity contribution is 7.99. The summed E-state index contributed by atoms with van der Waals surface area (Å²) in [4.78, 5) is 14.5. The number of hydrogen-bond donors (Lipinski definition) is 0. The van der Waals surface area contributed by atoms with Crippen molar-refractivity contribution in [1.82, 2.24) is 4.90 Å². The number of rotatable bonds is 3. The Labute approximate surface area is 111 Å². The van der Waals surface area contributed by atoms with E-state index < -0.39 is 0 Å². The second-order valence-corrected chi connectivity index (χ2v) is 5.86. The standard InChI is InChI=1S/C13H16ClNOS/c1-10(15-6-8-17-9-7-15)13(16)11-2-4-12(14)5-3-11/h2-5,10H,6-9H2,1H3. The molecule has 17 heavy (non-hydrogen) atoms. The first-order valence-corrected chi connectivity index (χ1v) is 7.33. The third-order valence-electron chi connectivity index (χ3n) is 3.10. The van der Waals surface area contributed by atoms with Gasteiger partial charge in [0.2, 0.25) is 0 Å². The molecule has 1 heterocycles. The van der Waals surface area contributed by atoms with Gasteiger partial charge in [-0.1, -0.05) is 11.6 Å². The number of hydrogen-bond acceptors (Lipinski definition) is 3. The zero-order chi connectivity index (χ0) is 12.3. The molecule has 0 aliphatic carbocycles. The molecule has 0 bridgehead atoms. The summed E-state index contributed by atoms with van der Waals surface area (Å²) in [7, 11) is 0. The first-order chi connectivity index (χ1) is 8.18. The molecule has 0 saturated carbocycles. The molecule has 1 saturated heterocycles. The van der Waals surface area contributed by atoms with Gasteiger partial charge in [0.1, 0.15) is 0 Å². The number of ketones is 1. The molecule has 1 atom stereocenters. The number of carbonyl (C=O) groups excluding carboxylic acids is 1. The molecule has 2 nitrogen and oxygen atoms in total. The average Bonchev–Trinajstić information content (AvgIpc) is 2.39. The zero-order valence-corrected chi connectivity index (χ0v) is 11.4. The molecule has 1 unspecified atom stereocenters. The highest BCUT2D eigenvalue weighted by Crippen LogP contribution is 2.16. The van der Waals surface area contributed by atoms with Crippen molar-refractivity contribution in [2.45, 2.75) is 13.0 Å². The van der Waals surface area contributed by atoms with Gasteiger partial charge in [0.25, 0.3) is 0 Å². The third kappa shape index (κ3) is 3.24. The average molecular weight is 270 g/mol. The van der Waals surface area contributed by atoms with Crippen LogP contribution in [0.4, 0.5) is 0 Å². The van der Waals surface area contributed by atoms with Crippen molar-refractivity contribution < 1.29 is 4.79 Å². The molecule has 4 heteroatoms. The van der Waals surface area contributed by atoms with Crippen LogP contribution in [0.15, 0.2) is 24.3 Å². The molecule has 1 aromatic carbocycles. The maximum Gasteiger partial charge on any atom is 0.179 e. The first kappa shape index (κ1) is 12.9. The largest absolute Gasteiger partial charge is 0.292 e. The molecule has 1 aliphatic heterocycles. The fourth-order valence-electron chi connectivity index (χ4n) is 1.99. The lowest BCUT2D eigenvalue weighted by Gasteiger charge is -2.31. The van der Waals surface area contributed by atoms with Crippen LogP contribution in [0.2, 0.25) is 5.02 Å². The number of halogens is 1. The molecule has 1 aliphatic rings. The third-order valence-corrected chi connectivity index (χ3v) is 4.30. The van der Waals surface area contributed by atoms with Crippen LogP contribution in [0.3, 0.4) is 0 Å². The van der Waals surface area contributed by atoms with Crippen LogP contribution in [-0.4, -0.2) is 41.3 Å². The molecule has 92 valence electrons. The van der Waals surface area contributed by atoms with Crippen LogP contribution < -0.4 is 0 Å². The van der Waals surface area contributed by atoms with E-state index in [1.54, 1.807) is 24.3 Å². The lowest BCUT2D eigenvalue weighted by molar-refractivity contribution is 0.0851. The van der Waals surface area contributed by atoms with Crippen LogP contribution in [0.25, 0.3) is 0 Å². The summed E-state index contributed by atoms with van der Waals surface area (Å²) < 4.78 is 0. The van der Waals surface area contributed by atoms with Crippen molar-refractivity contribution in [3.05, 3.63) is 34.9 Å². The SMILES string of the molecule is CC(C(=O)c1ccc(Cl)cc1)N1CCSCC1.